The van der Waals surface area contributed by atoms with Gasteiger partial charge in [-0.15, -0.1) is 0 Å². The third-order valence-corrected chi connectivity index (χ3v) is 3.45. The average Bonchev–Trinajstić information content (AvgIpc) is 2.81. The highest BCUT2D eigenvalue weighted by Crippen LogP contribution is 2.36. The molecule has 96 valence electrons. The lowest BCUT2D eigenvalue weighted by molar-refractivity contribution is -0.136. The molecule has 5 heteroatoms. The maximum absolute atomic E-state index is 11.7. The number of allylic oxidation sites excluding steroid dienone is 1. The Kier molecular flexibility index (Phi) is 2.32. The van der Waals surface area contributed by atoms with Crippen molar-refractivity contribution in [2.75, 3.05) is 0 Å². The monoisotopic (exact) mass is 258 g/mol. The predicted octanol–water partition coefficient (Wildman–Crippen LogP) is 1.85. The fourth-order valence-corrected chi connectivity index (χ4v) is 2.53. The van der Waals surface area contributed by atoms with Crippen LogP contribution in [0.4, 0.5) is 0 Å². The molecule has 0 bridgehead atoms. The Morgan fingerprint density at radius 3 is 2.53 bits per heavy atom. The minimum absolute atomic E-state index is 0.243. The maximum Gasteiger partial charge on any atom is 0.347 e. The normalized spacial score (nSPS) is 21.4. The van der Waals surface area contributed by atoms with E-state index in [-0.39, 0.29) is 17.1 Å². The van der Waals surface area contributed by atoms with E-state index < -0.39 is 17.9 Å². The van der Waals surface area contributed by atoms with Gasteiger partial charge in [-0.2, -0.15) is 0 Å². The predicted molar refractivity (Wildman–Crippen MR) is 63.5 cm³/mol. The molecule has 0 saturated carbocycles. The Morgan fingerprint density at radius 2 is 1.89 bits per heavy atom. The maximum atomic E-state index is 11.7. The minimum Gasteiger partial charge on any atom is -0.431 e. The smallest absolute Gasteiger partial charge is 0.347 e. The first-order valence-corrected chi connectivity index (χ1v) is 5.78. The van der Waals surface area contributed by atoms with Crippen LogP contribution >= 0.6 is 0 Å². The van der Waals surface area contributed by atoms with Crippen LogP contribution in [0.15, 0.2) is 24.5 Å². The molecule has 1 saturated heterocycles. The second-order valence-corrected chi connectivity index (χ2v) is 4.60. The van der Waals surface area contributed by atoms with E-state index in [2.05, 4.69) is 11.3 Å². The van der Waals surface area contributed by atoms with Crippen LogP contribution in [0.25, 0.3) is 0 Å². The number of carbonyl (C=O) groups excluding carboxylic acids is 3. The van der Waals surface area contributed by atoms with Crippen molar-refractivity contribution in [2.45, 2.75) is 19.3 Å². The van der Waals surface area contributed by atoms with Crippen molar-refractivity contribution >= 4 is 17.9 Å². The summed E-state index contributed by atoms with van der Waals surface area (Å²) >= 11 is 0. The Morgan fingerprint density at radius 1 is 1.16 bits per heavy atom. The van der Waals surface area contributed by atoms with Crippen LogP contribution in [0.3, 0.4) is 0 Å². The van der Waals surface area contributed by atoms with Crippen molar-refractivity contribution in [3.63, 3.8) is 0 Å². The molecule has 1 atom stereocenters. The minimum atomic E-state index is -0.662. The molecule has 0 spiro atoms. The number of esters is 3. The van der Waals surface area contributed by atoms with Crippen LogP contribution in [0.2, 0.25) is 0 Å². The highest BCUT2D eigenvalue weighted by Gasteiger charge is 2.37. The van der Waals surface area contributed by atoms with Crippen LogP contribution in [-0.4, -0.2) is 17.9 Å². The van der Waals surface area contributed by atoms with E-state index in [1.54, 1.807) is 13.0 Å². The van der Waals surface area contributed by atoms with Crippen molar-refractivity contribution in [3.05, 3.63) is 46.7 Å². The molecule has 1 fully saturated rings. The lowest BCUT2D eigenvalue weighted by atomic mass is 9.89. The summed E-state index contributed by atoms with van der Waals surface area (Å²) in [6.07, 6.45) is 0.390. The molecule has 19 heavy (non-hydrogen) atoms. The van der Waals surface area contributed by atoms with Crippen LogP contribution < -0.4 is 0 Å². The number of carbonyl (C=O) groups is 3. The third-order valence-electron chi connectivity index (χ3n) is 3.45. The molecule has 1 unspecified atom stereocenters. The Bertz CT molecular complexity index is 656. The van der Waals surface area contributed by atoms with Gasteiger partial charge in [-0.05, 0) is 24.1 Å². The van der Waals surface area contributed by atoms with E-state index in [0.29, 0.717) is 23.3 Å². The van der Waals surface area contributed by atoms with Crippen molar-refractivity contribution in [2.24, 2.45) is 0 Å². The number of rotatable bonds is 1. The zero-order valence-electron chi connectivity index (χ0n) is 10.2. The lowest BCUT2D eigenvalue weighted by Gasteiger charge is -2.11. The van der Waals surface area contributed by atoms with Crippen molar-refractivity contribution in [1.29, 1.82) is 0 Å². The molecule has 0 aromatic heterocycles. The van der Waals surface area contributed by atoms with Gasteiger partial charge in [0.25, 0.3) is 0 Å². The fraction of sp³-hybridized carbons (Fsp3) is 0.214. The summed E-state index contributed by atoms with van der Waals surface area (Å²) in [5.74, 6) is -1.75. The Balaban J connectivity index is 2.13. The van der Waals surface area contributed by atoms with E-state index in [4.69, 9.17) is 4.74 Å². The van der Waals surface area contributed by atoms with Crippen molar-refractivity contribution in [1.82, 2.24) is 0 Å². The van der Waals surface area contributed by atoms with Gasteiger partial charge in [-0.25, -0.2) is 9.59 Å². The van der Waals surface area contributed by atoms with E-state index in [1.165, 1.54) is 6.07 Å². The summed E-state index contributed by atoms with van der Waals surface area (Å²) < 4.78 is 9.50. The van der Waals surface area contributed by atoms with Crippen molar-refractivity contribution in [3.8, 4) is 0 Å². The van der Waals surface area contributed by atoms with E-state index in [0.717, 1.165) is 0 Å². The second-order valence-electron chi connectivity index (χ2n) is 4.60. The number of hydrogen-bond donors (Lipinski definition) is 0. The van der Waals surface area contributed by atoms with Crippen LogP contribution in [0.1, 0.15) is 44.2 Å². The summed E-state index contributed by atoms with van der Waals surface area (Å²) in [6.45, 7) is 5.32. The highest BCUT2D eigenvalue weighted by molar-refractivity contribution is 6.15. The number of fused-ring (bicyclic) bond motifs is 1. The summed E-state index contributed by atoms with van der Waals surface area (Å²) in [4.78, 5) is 34.8. The quantitative estimate of drug-likeness (QED) is 0.568. The molecular formula is C14H10O5. The molecule has 0 radical (unpaired) electrons. The molecule has 0 amide bonds. The van der Waals surface area contributed by atoms with Gasteiger partial charge in [0, 0.05) is 6.42 Å². The number of benzene rings is 1. The van der Waals surface area contributed by atoms with Crippen LogP contribution in [0, 0.1) is 6.92 Å². The van der Waals surface area contributed by atoms with Gasteiger partial charge in [0.15, 0.2) is 0 Å². The summed E-state index contributed by atoms with van der Waals surface area (Å²) in [5, 5.41) is 0. The van der Waals surface area contributed by atoms with E-state index >= 15 is 0 Å². The zero-order valence-corrected chi connectivity index (χ0v) is 10.2. The number of hydrogen-bond acceptors (Lipinski definition) is 5. The van der Waals surface area contributed by atoms with E-state index in [1.807, 2.05) is 0 Å². The average molecular weight is 258 g/mol. The fourth-order valence-electron chi connectivity index (χ4n) is 2.53. The van der Waals surface area contributed by atoms with Gasteiger partial charge in [-0.3, -0.25) is 4.79 Å². The van der Waals surface area contributed by atoms with Gasteiger partial charge < -0.3 is 9.47 Å². The van der Waals surface area contributed by atoms with Gasteiger partial charge in [-0.1, -0.05) is 12.6 Å². The van der Waals surface area contributed by atoms with Gasteiger partial charge in [0.05, 0.1) is 17.0 Å². The molecule has 2 aliphatic heterocycles. The van der Waals surface area contributed by atoms with Gasteiger partial charge in [0.2, 0.25) is 0 Å². The third kappa shape index (κ3) is 1.58. The zero-order chi connectivity index (χ0) is 13.7. The molecule has 0 aliphatic carbocycles. The SMILES string of the molecule is C=C1CC(c2ccc3c(c2C)C(=O)OC3=O)C(=O)O1. The molecule has 5 nitrogen and oxygen atoms in total. The summed E-state index contributed by atoms with van der Waals surface area (Å²) in [5.41, 5.74) is 1.75. The van der Waals surface area contributed by atoms with Gasteiger partial charge >= 0.3 is 17.9 Å². The largest absolute Gasteiger partial charge is 0.431 e. The van der Waals surface area contributed by atoms with E-state index in [9.17, 15) is 14.4 Å². The molecule has 2 aliphatic rings. The summed E-state index contributed by atoms with van der Waals surface area (Å²) in [7, 11) is 0. The molecule has 1 aromatic rings. The topological polar surface area (TPSA) is 69.7 Å². The molecule has 3 rings (SSSR count). The highest BCUT2D eigenvalue weighted by atomic mass is 16.6. The van der Waals surface area contributed by atoms with Crippen LogP contribution in [0.5, 0.6) is 0 Å². The van der Waals surface area contributed by atoms with Gasteiger partial charge in [0.1, 0.15) is 5.76 Å². The second kappa shape index (κ2) is 3.78. The molecule has 1 aromatic carbocycles. The van der Waals surface area contributed by atoms with Crippen molar-refractivity contribution < 1.29 is 23.9 Å². The molecule has 2 heterocycles. The first-order valence-electron chi connectivity index (χ1n) is 5.78. The Hall–Kier alpha value is -2.43. The molecule has 0 N–H and O–H groups in total. The summed E-state index contributed by atoms with van der Waals surface area (Å²) in [6, 6.07) is 3.18. The number of ether oxygens (including phenoxy) is 2. The number of cyclic esters (lactones) is 3. The molecular weight excluding hydrogens is 248 g/mol. The lowest BCUT2D eigenvalue weighted by Crippen LogP contribution is -2.10. The first kappa shape index (κ1) is 11.6. The Labute approximate surface area is 108 Å². The standard InChI is InChI=1S/C14H10O5/c1-6-5-10(13(16)18-6)8-3-4-9-11(7(8)2)14(17)19-12(9)15/h3-4,10H,1,5H2,2H3. The van der Waals surface area contributed by atoms with Crippen LogP contribution in [-0.2, 0) is 14.3 Å². The first-order chi connectivity index (χ1) is 8.99.